The summed E-state index contributed by atoms with van der Waals surface area (Å²) in [6.07, 6.45) is 1.06. The van der Waals surface area contributed by atoms with Crippen LogP contribution in [0.3, 0.4) is 0 Å². The molecule has 0 radical (unpaired) electrons. The molecule has 0 aliphatic rings. The minimum Gasteiger partial charge on any atom is -0.465 e. The van der Waals surface area contributed by atoms with Gasteiger partial charge >= 0.3 is 11.9 Å². The van der Waals surface area contributed by atoms with Gasteiger partial charge < -0.3 is 14.8 Å². The number of benzene rings is 1. The number of hydrogen-bond acceptors (Lipinski definition) is 7. The highest BCUT2D eigenvalue weighted by molar-refractivity contribution is 7.90. The van der Waals surface area contributed by atoms with E-state index < -0.39 is 21.8 Å². The Kier molecular flexibility index (Phi) is 5.09. The molecule has 20 heavy (non-hydrogen) atoms. The summed E-state index contributed by atoms with van der Waals surface area (Å²) in [5.41, 5.74) is 0.538. The summed E-state index contributed by atoms with van der Waals surface area (Å²) in [7, 11) is -0.833. The number of carbonyl (C=O) groups is 2. The summed E-state index contributed by atoms with van der Waals surface area (Å²) in [5, 5.41) is 2.62. The Morgan fingerprint density at radius 1 is 1.05 bits per heavy atom. The predicted molar refractivity (Wildman–Crippen MR) is 72.5 cm³/mol. The number of nitrogens with one attached hydrogen (secondary N) is 1. The molecule has 0 bridgehead atoms. The number of sulfone groups is 1. The maximum atomic E-state index is 11.5. The van der Waals surface area contributed by atoms with E-state index in [0.29, 0.717) is 5.69 Å². The van der Waals surface area contributed by atoms with Crippen LogP contribution in [-0.2, 0) is 19.3 Å². The first kappa shape index (κ1) is 16.0. The van der Waals surface area contributed by atoms with Gasteiger partial charge in [-0.2, -0.15) is 0 Å². The SMILES string of the molecule is COC(=O)c1cc(NCS(C)(=O)=O)cc(C(=O)OC)c1. The van der Waals surface area contributed by atoms with Gasteiger partial charge in [-0.1, -0.05) is 0 Å². The number of hydrogen-bond donors (Lipinski definition) is 1. The number of carbonyl (C=O) groups excluding carboxylic acids is 2. The third-order valence-electron chi connectivity index (χ3n) is 2.31. The number of rotatable bonds is 5. The second kappa shape index (κ2) is 6.38. The molecule has 0 aromatic heterocycles. The van der Waals surface area contributed by atoms with E-state index in [1.807, 2.05) is 0 Å². The van der Waals surface area contributed by atoms with Gasteiger partial charge in [0.05, 0.1) is 25.3 Å². The van der Waals surface area contributed by atoms with Gasteiger partial charge in [0.25, 0.3) is 0 Å². The van der Waals surface area contributed by atoms with Crippen LogP contribution in [0.25, 0.3) is 0 Å². The van der Waals surface area contributed by atoms with Gasteiger partial charge in [0.15, 0.2) is 9.84 Å². The van der Waals surface area contributed by atoms with Crippen molar-refractivity contribution in [3.63, 3.8) is 0 Å². The van der Waals surface area contributed by atoms with Crippen molar-refractivity contribution in [1.29, 1.82) is 0 Å². The lowest BCUT2D eigenvalue weighted by Crippen LogP contribution is -2.14. The number of ether oxygens (including phenoxy) is 2. The van der Waals surface area contributed by atoms with Crippen molar-refractivity contribution < 1.29 is 27.5 Å². The Balaban J connectivity index is 3.16. The molecule has 0 fully saturated rings. The molecule has 1 aromatic carbocycles. The Hall–Kier alpha value is -2.09. The van der Waals surface area contributed by atoms with Gasteiger partial charge in [-0.05, 0) is 18.2 Å². The first-order valence-corrected chi connectivity index (χ1v) is 7.56. The molecular formula is C12H15NO6S. The molecule has 110 valence electrons. The maximum absolute atomic E-state index is 11.5. The monoisotopic (exact) mass is 301 g/mol. The van der Waals surface area contributed by atoms with Crippen molar-refractivity contribution in [3.8, 4) is 0 Å². The molecular weight excluding hydrogens is 286 g/mol. The van der Waals surface area contributed by atoms with Gasteiger partial charge in [-0.15, -0.1) is 0 Å². The average molecular weight is 301 g/mol. The summed E-state index contributed by atoms with van der Waals surface area (Å²) in [4.78, 5) is 23.0. The highest BCUT2D eigenvalue weighted by Crippen LogP contribution is 2.17. The summed E-state index contributed by atoms with van der Waals surface area (Å²) in [5.74, 6) is -1.60. The van der Waals surface area contributed by atoms with Crippen LogP contribution in [0.2, 0.25) is 0 Å². The molecule has 0 heterocycles. The van der Waals surface area contributed by atoms with E-state index in [2.05, 4.69) is 14.8 Å². The second-order valence-electron chi connectivity index (χ2n) is 4.03. The van der Waals surface area contributed by atoms with Crippen molar-refractivity contribution in [2.24, 2.45) is 0 Å². The zero-order valence-electron chi connectivity index (χ0n) is 11.3. The van der Waals surface area contributed by atoms with Crippen LogP contribution in [0.4, 0.5) is 5.69 Å². The van der Waals surface area contributed by atoms with Crippen molar-refractivity contribution >= 4 is 27.5 Å². The van der Waals surface area contributed by atoms with Crippen molar-refractivity contribution in [2.45, 2.75) is 0 Å². The van der Waals surface area contributed by atoms with E-state index in [-0.39, 0.29) is 17.0 Å². The Labute approximate surface area is 116 Å². The maximum Gasteiger partial charge on any atom is 0.337 e. The van der Waals surface area contributed by atoms with Crippen LogP contribution in [-0.4, -0.2) is 46.7 Å². The highest BCUT2D eigenvalue weighted by Gasteiger charge is 2.14. The van der Waals surface area contributed by atoms with Crippen LogP contribution in [0.1, 0.15) is 20.7 Å². The summed E-state index contributed by atoms with van der Waals surface area (Å²) >= 11 is 0. The third kappa shape index (κ3) is 4.54. The molecule has 0 atom stereocenters. The molecule has 0 saturated heterocycles. The highest BCUT2D eigenvalue weighted by atomic mass is 32.2. The lowest BCUT2D eigenvalue weighted by molar-refractivity contribution is 0.0599. The molecule has 7 nitrogen and oxygen atoms in total. The van der Waals surface area contributed by atoms with Crippen molar-refractivity contribution in [1.82, 2.24) is 0 Å². The number of esters is 2. The van der Waals surface area contributed by atoms with E-state index in [1.54, 1.807) is 0 Å². The summed E-state index contributed by atoms with van der Waals surface area (Å²) in [6.45, 7) is 0. The van der Waals surface area contributed by atoms with Gasteiger partial charge in [0.1, 0.15) is 5.88 Å². The van der Waals surface area contributed by atoms with E-state index >= 15 is 0 Å². The van der Waals surface area contributed by atoms with Crippen LogP contribution in [0.15, 0.2) is 18.2 Å². The molecule has 0 aliphatic carbocycles. The summed E-state index contributed by atoms with van der Waals surface area (Å²) in [6, 6.07) is 4.09. The molecule has 0 amide bonds. The van der Waals surface area contributed by atoms with Crippen LogP contribution in [0.5, 0.6) is 0 Å². The molecule has 0 spiro atoms. The fourth-order valence-corrected chi connectivity index (χ4v) is 1.84. The lowest BCUT2D eigenvalue weighted by Gasteiger charge is -2.09. The number of anilines is 1. The lowest BCUT2D eigenvalue weighted by atomic mass is 10.1. The van der Waals surface area contributed by atoms with Gasteiger partial charge in [0.2, 0.25) is 0 Å². The minimum atomic E-state index is -3.24. The van der Waals surface area contributed by atoms with E-state index in [1.165, 1.54) is 32.4 Å². The summed E-state index contributed by atoms with van der Waals surface area (Å²) < 4.78 is 31.4. The van der Waals surface area contributed by atoms with Gasteiger partial charge in [-0.3, -0.25) is 0 Å². The fraction of sp³-hybridized carbons (Fsp3) is 0.333. The van der Waals surface area contributed by atoms with Gasteiger partial charge in [-0.25, -0.2) is 18.0 Å². The Morgan fingerprint density at radius 3 is 1.85 bits per heavy atom. The van der Waals surface area contributed by atoms with Gasteiger partial charge in [0, 0.05) is 11.9 Å². The van der Waals surface area contributed by atoms with Crippen LogP contribution in [0, 0.1) is 0 Å². The average Bonchev–Trinajstić information content (AvgIpc) is 2.42. The normalized spacial score (nSPS) is 10.8. The van der Waals surface area contributed by atoms with E-state index in [9.17, 15) is 18.0 Å². The predicted octanol–water partition coefficient (Wildman–Crippen LogP) is 0.674. The van der Waals surface area contributed by atoms with Crippen molar-refractivity contribution in [2.75, 3.05) is 31.7 Å². The Bertz CT molecular complexity index is 589. The largest absolute Gasteiger partial charge is 0.465 e. The van der Waals surface area contributed by atoms with E-state index in [0.717, 1.165) is 6.26 Å². The molecule has 0 saturated carbocycles. The van der Waals surface area contributed by atoms with Crippen molar-refractivity contribution in [3.05, 3.63) is 29.3 Å². The molecule has 8 heteroatoms. The smallest absolute Gasteiger partial charge is 0.337 e. The standard InChI is InChI=1S/C12H15NO6S/c1-18-11(14)8-4-9(12(15)19-2)6-10(5-8)13-7-20(3,16)17/h4-6,13H,7H2,1-3H3. The molecule has 0 unspecified atom stereocenters. The van der Waals surface area contributed by atoms with Crippen LogP contribution >= 0.6 is 0 Å². The first-order valence-electron chi connectivity index (χ1n) is 5.50. The zero-order valence-corrected chi connectivity index (χ0v) is 12.1. The third-order valence-corrected chi connectivity index (χ3v) is 2.98. The van der Waals surface area contributed by atoms with E-state index in [4.69, 9.17) is 0 Å². The molecule has 0 aliphatic heterocycles. The topological polar surface area (TPSA) is 98.8 Å². The molecule has 1 rings (SSSR count). The Morgan fingerprint density at radius 2 is 1.50 bits per heavy atom. The van der Waals surface area contributed by atoms with Crippen LogP contribution < -0.4 is 5.32 Å². The quantitative estimate of drug-likeness (QED) is 0.798. The molecule has 1 N–H and O–H groups in total. The number of methoxy groups -OCH3 is 2. The second-order valence-corrected chi connectivity index (χ2v) is 6.17. The fourth-order valence-electron chi connectivity index (χ4n) is 1.42. The zero-order chi connectivity index (χ0) is 15.3. The minimum absolute atomic E-state index is 0.117. The first-order chi connectivity index (χ1) is 9.26. The molecule has 1 aromatic rings.